The Balaban J connectivity index is 1.10. The van der Waals surface area contributed by atoms with Gasteiger partial charge in [-0.25, -0.2) is 0 Å². The van der Waals surface area contributed by atoms with E-state index in [1.54, 1.807) is 0 Å². The van der Waals surface area contributed by atoms with E-state index in [9.17, 15) is 0 Å². The summed E-state index contributed by atoms with van der Waals surface area (Å²) in [5, 5.41) is 0. The van der Waals surface area contributed by atoms with E-state index in [0.29, 0.717) is 13.3 Å². The minimum absolute atomic E-state index is 0.664. The summed E-state index contributed by atoms with van der Waals surface area (Å²) in [6.07, 6.45) is 0. The Morgan fingerprint density at radius 2 is 0.721 bits per heavy atom. The summed E-state index contributed by atoms with van der Waals surface area (Å²) in [7, 11) is 0. The van der Waals surface area contributed by atoms with Gasteiger partial charge < -0.3 is 19.6 Å². The predicted octanol–water partition coefficient (Wildman–Crippen LogP) is 14.3. The molecule has 0 saturated carbocycles. The van der Waals surface area contributed by atoms with E-state index in [2.05, 4.69) is 231 Å². The molecule has 4 heteroatoms. The second-order valence-corrected chi connectivity index (χ2v) is 17.4. The quantitative estimate of drug-likeness (QED) is 0.166. The number of hydrogen-bond acceptors (Lipinski definition) is 4. The van der Waals surface area contributed by atoms with Crippen LogP contribution in [0.4, 0.5) is 34.1 Å². The topological polar surface area (TPSA) is 13.0 Å². The second-order valence-electron chi connectivity index (χ2n) is 17.4. The van der Waals surface area contributed by atoms with Gasteiger partial charge in [-0.3, -0.25) is 0 Å². The van der Waals surface area contributed by atoms with Crippen molar-refractivity contribution in [3.8, 4) is 33.4 Å². The standard InChI is InChI=1S/C57H50N4/c1-37-29-39(3)55(40(4)30-37)43-17-15-19-45(33-43)58-35-60(53-27-13-11-25-51(53)58)57(49-23-9-7-21-47(49)48-22-8-10-24-50(48)57)61-36-59(52-26-12-14-28-54(52)61)46-20-16-18-44(34-46)56-41(5)31-38(2)32-42(56)6/h7-34H,35-36H2,1-6H3. The maximum Gasteiger partial charge on any atom is 0.170 e. The van der Waals surface area contributed by atoms with E-state index in [1.165, 1.54) is 112 Å². The fraction of sp³-hybridized carbons (Fsp3) is 0.158. The Bertz CT molecular complexity index is 2800. The minimum atomic E-state index is -0.688. The molecule has 0 atom stereocenters. The fourth-order valence-electron chi connectivity index (χ4n) is 11.3. The van der Waals surface area contributed by atoms with Gasteiger partial charge in [0.25, 0.3) is 0 Å². The molecule has 0 N–H and O–H groups in total. The third kappa shape index (κ3) is 5.58. The third-order valence-electron chi connectivity index (χ3n) is 13.4. The Labute approximate surface area is 360 Å². The zero-order valence-corrected chi connectivity index (χ0v) is 35.9. The third-order valence-corrected chi connectivity index (χ3v) is 13.4. The van der Waals surface area contributed by atoms with Crippen LogP contribution in [0, 0.1) is 41.5 Å². The summed E-state index contributed by atoms with van der Waals surface area (Å²) in [6.45, 7) is 14.7. The van der Waals surface area contributed by atoms with Gasteiger partial charge in [-0.15, -0.1) is 0 Å². The van der Waals surface area contributed by atoms with Gasteiger partial charge >= 0.3 is 0 Å². The molecule has 0 radical (unpaired) electrons. The van der Waals surface area contributed by atoms with Crippen molar-refractivity contribution in [2.24, 2.45) is 0 Å². The summed E-state index contributed by atoms with van der Waals surface area (Å²) < 4.78 is 0. The molecule has 0 unspecified atom stereocenters. The van der Waals surface area contributed by atoms with Gasteiger partial charge in [0, 0.05) is 22.5 Å². The van der Waals surface area contributed by atoms with Gasteiger partial charge in [0.15, 0.2) is 5.66 Å². The molecule has 4 nitrogen and oxygen atoms in total. The van der Waals surface area contributed by atoms with Crippen LogP contribution >= 0.6 is 0 Å². The summed E-state index contributed by atoms with van der Waals surface area (Å²) in [5.41, 5.74) is 24.6. The molecular formula is C57H50N4. The highest BCUT2D eigenvalue weighted by atomic mass is 15.5. The van der Waals surface area contributed by atoms with Gasteiger partial charge in [0.05, 0.1) is 36.1 Å². The normalized spacial score (nSPS) is 14.6. The molecule has 2 aliphatic heterocycles. The van der Waals surface area contributed by atoms with Crippen molar-refractivity contribution in [3.05, 3.63) is 214 Å². The average Bonchev–Trinajstić information content (AvgIpc) is 3.93. The smallest absolute Gasteiger partial charge is 0.170 e. The van der Waals surface area contributed by atoms with E-state index in [0.717, 1.165) is 0 Å². The molecule has 2 heterocycles. The number of para-hydroxylation sites is 4. The lowest BCUT2D eigenvalue weighted by Crippen LogP contribution is -2.59. The molecule has 61 heavy (non-hydrogen) atoms. The van der Waals surface area contributed by atoms with Gasteiger partial charge in [0.2, 0.25) is 0 Å². The van der Waals surface area contributed by atoms with Crippen LogP contribution in [0.15, 0.2) is 170 Å². The van der Waals surface area contributed by atoms with E-state index in [1.807, 2.05) is 0 Å². The van der Waals surface area contributed by atoms with E-state index >= 15 is 0 Å². The largest absolute Gasteiger partial charge is 0.321 e. The summed E-state index contributed by atoms with van der Waals surface area (Å²) in [5.74, 6) is 0. The summed E-state index contributed by atoms with van der Waals surface area (Å²) >= 11 is 0. The zero-order valence-electron chi connectivity index (χ0n) is 35.9. The maximum absolute atomic E-state index is 2.69. The molecule has 11 rings (SSSR count). The Morgan fingerprint density at radius 3 is 1.13 bits per heavy atom. The molecule has 8 aromatic carbocycles. The highest BCUT2D eigenvalue weighted by Crippen LogP contribution is 2.60. The highest BCUT2D eigenvalue weighted by Gasteiger charge is 2.57. The molecule has 0 aromatic heterocycles. The molecule has 0 saturated heterocycles. The van der Waals surface area contributed by atoms with Crippen molar-refractivity contribution < 1.29 is 0 Å². The van der Waals surface area contributed by atoms with Crippen LogP contribution in [-0.4, -0.2) is 13.3 Å². The lowest BCUT2D eigenvalue weighted by Gasteiger charge is -2.49. The lowest BCUT2D eigenvalue weighted by atomic mass is 9.92. The van der Waals surface area contributed by atoms with Crippen molar-refractivity contribution in [2.45, 2.75) is 47.2 Å². The van der Waals surface area contributed by atoms with Crippen molar-refractivity contribution in [1.29, 1.82) is 0 Å². The molecule has 3 aliphatic rings. The first-order chi connectivity index (χ1) is 29.7. The van der Waals surface area contributed by atoms with Crippen molar-refractivity contribution >= 4 is 34.1 Å². The first-order valence-electron chi connectivity index (χ1n) is 21.6. The molecule has 1 aliphatic carbocycles. The molecule has 0 amide bonds. The average molecular weight is 791 g/mol. The van der Waals surface area contributed by atoms with Crippen LogP contribution < -0.4 is 19.6 Å². The maximum atomic E-state index is 2.69. The first kappa shape index (κ1) is 37.0. The second kappa shape index (κ2) is 14.0. The molecule has 298 valence electrons. The number of nitrogens with zero attached hydrogens (tertiary/aromatic N) is 4. The number of fused-ring (bicyclic) bond motifs is 5. The van der Waals surface area contributed by atoms with Gasteiger partial charge in [0.1, 0.15) is 0 Å². The van der Waals surface area contributed by atoms with Crippen LogP contribution in [0.3, 0.4) is 0 Å². The monoisotopic (exact) mass is 790 g/mol. The number of aryl methyl sites for hydroxylation is 6. The van der Waals surface area contributed by atoms with E-state index in [-0.39, 0.29) is 0 Å². The van der Waals surface area contributed by atoms with Gasteiger partial charge in [-0.2, -0.15) is 0 Å². The molecular weight excluding hydrogens is 741 g/mol. The zero-order chi connectivity index (χ0) is 41.6. The van der Waals surface area contributed by atoms with Crippen LogP contribution in [0.1, 0.15) is 44.5 Å². The Hall–Kier alpha value is -7.04. The van der Waals surface area contributed by atoms with Crippen LogP contribution in [0.2, 0.25) is 0 Å². The van der Waals surface area contributed by atoms with Gasteiger partial charge in [-0.1, -0.05) is 132 Å². The molecule has 0 spiro atoms. The number of rotatable bonds is 6. The van der Waals surface area contributed by atoms with Crippen molar-refractivity contribution in [2.75, 3.05) is 32.9 Å². The molecule has 0 fully saturated rings. The number of anilines is 6. The first-order valence-corrected chi connectivity index (χ1v) is 21.6. The Kier molecular flexibility index (Phi) is 8.51. The summed E-state index contributed by atoms with van der Waals surface area (Å²) in [6, 6.07) is 63.8. The van der Waals surface area contributed by atoms with E-state index in [4.69, 9.17) is 0 Å². The van der Waals surface area contributed by atoms with E-state index < -0.39 is 5.66 Å². The van der Waals surface area contributed by atoms with Crippen molar-refractivity contribution in [3.63, 3.8) is 0 Å². The van der Waals surface area contributed by atoms with Crippen LogP contribution in [0.25, 0.3) is 33.4 Å². The lowest BCUT2D eigenvalue weighted by molar-refractivity contribution is 0.472. The van der Waals surface area contributed by atoms with Crippen LogP contribution in [-0.2, 0) is 5.66 Å². The highest BCUT2D eigenvalue weighted by molar-refractivity contribution is 5.94. The molecule has 8 aromatic rings. The fourth-order valence-corrected chi connectivity index (χ4v) is 11.3. The predicted molar refractivity (Wildman–Crippen MR) is 257 cm³/mol. The number of hydrogen-bond donors (Lipinski definition) is 0. The summed E-state index contributed by atoms with van der Waals surface area (Å²) in [4.78, 5) is 10.4. The SMILES string of the molecule is Cc1cc(C)c(-c2cccc(N3CN(C4(N5CN(c6cccc(-c7c(C)cc(C)cc7C)c6)c6ccccc65)c5ccccc5-c5ccccc54)c4ccccc43)c2)c(C)c1. The Morgan fingerprint density at radius 1 is 0.361 bits per heavy atom. The molecule has 0 bridgehead atoms. The van der Waals surface area contributed by atoms with Gasteiger partial charge in [-0.05, 0) is 146 Å². The number of benzene rings is 8. The minimum Gasteiger partial charge on any atom is -0.321 e. The van der Waals surface area contributed by atoms with Crippen LogP contribution in [0.5, 0.6) is 0 Å². The van der Waals surface area contributed by atoms with Crippen molar-refractivity contribution in [1.82, 2.24) is 0 Å².